The van der Waals surface area contributed by atoms with Gasteiger partial charge in [0.2, 0.25) is 5.91 Å². The van der Waals surface area contributed by atoms with Crippen LogP contribution in [-0.2, 0) is 4.79 Å². The van der Waals surface area contributed by atoms with Gasteiger partial charge in [-0.2, -0.15) is 5.26 Å². The van der Waals surface area contributed by atoms with Crippen molar-refractivity contribution in [3.8, 4) is 6.07 Å². The van der Waals surface area contributed by atoms with Crippen LogP contribution in [0.25, 0.3) is 0 Å². The predicted molar refractivity (Wildman–Crippen MR) is 93.8 cm³/mol. The lowest BCUT2D eigenvalue weighted by molar-refractivity contribution is -0.192. The lowest BCUT2D eigenvalue weighted by Gasteiger charge is -2.67. The first-order valence-electron chi connectivity index (χ1n) is 10.7. The van der Waals surface area contributed by atoms with Crippen LogP contribution in [-0.4, -0.2) is 5.91 Å². The normalized spacial score (nSPS) is 60.6. The fourth-order valence-corrected chi connectivity index (χ4v) is 9.91. The van der Waals surface area contributed by atoms with E-state index in [1.54, 1.807) is 0 Å². The van der Waals surface area contributed by atoms with Gasteiger partial charge in [-0.05, 0) is 112 Å². The maximum absolute atomic E-state index is 12.8. The van der Waals surface area contributed by atoms with Crippen molar-refractivity contribution in [2.45, 2.75) is 64.2 Å². The van der Waals surface area contributed by atoms with Crippen LogP contribution in [0.1, 0.15) is 64.2 Å². The van der Waals surface area contributed by atoms with Crippen molar-refractivity contribution in [1.82, 2.24) is 0 Å². The number of fused-ring (bicyclic) bond motifs is 1. The SMILES string of the molecule is N#CC12CC3CC(C1)C(C1C4CC5CC(C4)CC1(C(N)=O)C5)C(C3)C2. The highest BCUT2D eigenvalue weighted by Crippen LogP contribution is 2.71. The first kappa shape index (κ1) is 15.1. The molecular formula is C22H30N2O. The van der Waals surface area contributed by atoms with E-state index in [0.29, 0.717) is 23.7 Å². The van der Waals surface area contributed by atoms with E-state index in [9.17, 15) is 10.1 Å². The predicted octanol–water partition coefficient (Wildman–Crippen LogP) is 3.88. The van der Waals surface area contributed by atoms with E-state index in [0.717, 1.165) is 55.8 Å². The van der Waals surface area contributed by atoms with Crippen LogP contribution in [0.15, 0.2) is 0 Å². The molecular weight excluding hydrogens is 308 g/mol. The average molecular weight is 338 g/mol. The van der Waals surface area contributed by atoms with E-state index >= 15 is 0 Å². The minimum Gasteiger partial charge on any atom is -0.369 e. The number of carbonyl (C=O) groups is 1. The maximum Gasteiger partial charge on any atom is 0.223 e. The van der Waals surface area contributed by atoms with Crippen molar-refractivity contribution in [2.24, 2.45) is 63.9 Å². The Hall–Kier alpha value is -1.04. The quantitative estimate of drug-likeness (QED) is 0.830. The van der Waals surface area contributed by atoms with Gasteiger partial charge < -0.3 is 5.73 Å². The Morgan fingerprint density at radius 1 is 0.840 bits per heavy atom. The van der Waals surface area contributed by atoms with Gasteiger partial charge in [-0.25, -0.2) is 0 Å². The van der Waals surface area contributed by atoms with Gasteiger partial charge in [0.25, 0.3) is 0 Å². The van der Waals surface area contributed by atoms with Crippen LogP contribution < -0.4 is 5.73 Å². The van der Waals surface area contributed by atoms with Gasteiger partial charge in [-0.3, -0.25) is 4.79 Å². The number of hydrogen-bond donors (Lipinski definition) is 1. The summed E-state index contributed by atoms with van der Waals surface area (Å²) in [5.74, 6) is 5.73. The van der Waals surface area contributed by atoms with E-state index in [1.165, 1.54) is 32.1 Å². The highest BCUT2D eigenvalue weighted by molar-refractivity contribution is 5.82. The Labute approximate surface area is 150 Å². The van der Waals surface area contributed by atoms with Crippen LogP contribution in [0.3, 0.4) is 0 Å². The maximum atomic E-state index is 12.8. The van der Waals surface area contributed by atoms with Crippen molar-refractivity contribution >= 4 is 5.91 Å². The van der Waals surface area contributed by atoms with Crippen molar-refractivity contribution in [3.05, 3.63) is 0 Å². The lowest BCUT2D eigenvalue weighted by atomic mass is 9.36. The second-order valence-electron chi connectivity index (χ2n) is 11.1. The van der Waals surface area contributed by atoms with Gasteiger partial charge in [-0.15, -0.1) is 0 Å². The molecule has 8 aliphatic rings. The van der Waals surface area contributed by atoms with E-state index in [1.807, 2.05) is 0 Å². The molecule has 0 aliphatic heterocycles. The van der Waals surface area contributed by atoms with Crippen LogP contribution in [0.5, 0.6) is 0 Å². The molecule has 3 heteroatoms. The van der Waals surface area contributed by atoms with Gasteiger partial charge in [-0.1, -0.05) is 0 Å². The van der Waals surface area contributed by atoms with E-state index < -0.39 is 0 Å². The highest BCUT2D eigenvalue weighted by atomic mass is 16.1. The molecule has 25 heavy (non-hydrogen) atoms. The first-order chi connectivity index (χ1) is 12.0. The Morgan fingerprint density at radius 3 is 1.96 bits per heavy atom. The standard InChI is InChI=1S/C22H30N2O/c23-11-21-6-14-4-16(9-21)18(17(5-14)10-21)19-15-2-12-1-13(3-15)8-22(19,7-12)20(24)25/h12-19H,1-10H2,(H2,24,25). The summed E-state index contributed by atoms with van der Waals surface area (Å²) in [6, 6.07) is 2.74. The summed E-state index contributed by atoms with van der Waals surface area (Å²) in [6.45, 7) is 0. The molecule has 0 heterocycles. The largest absolute Gasteiger partial charge is 0.369 e. The number of nitriles is 1. The summed E-state index contributed by atoms with van der Waals surface area (Å²) in [5.41, 5.74) is 5.93. The number of hydrogen-bond acceptors (Lipinski definition) is 2. The number of rotatable bonds is 2. The van der Waals surface area contributed by atoms with Crippen LogP contribution in [0.2, 0.25) is 0 Å². The van der Waals surface area contributed by atoms with Crippen LogP contribution in [0, 0.1) is 69.5 Å². The summed E-state index contributed by atoms with van der Waals surface area (Å²) in [5, 5.41) is 9.84. The summed E-state index contributed by atoms with van der Waals surface area (Å²) in [6.07, 6.45) is 12.3. The molecule has 8 fully saturated rings. The second-order valence-corrected chi connectivity index (χ2v) is 11.1. The number of primary amides is 1. The molecule has 1 amide bonds. The van der Waals surface area contributed by atoms with Crippen LogP contribution in [0.4, 0.5) is 0 Å². The fraction of sp³-hybridized carbons (Fsp3) is 0.909. The molecule has 0 aromatic carbocycles. The Balaban J connectivity index is 1.41. The number of carbonyl (C=O) groups excluding carboxylic acids is 1. The molecule has 2 N–H and O–H groups in total. The van der Waals surface area contributed by atoms with Crippen molar-refractivity contribution < 1.29 is 4.79 Å². The Bertz CT molecular complexity index is 648. The van der Waals surface area contributed by atoms with Gasteiger partial charge in [0, 0.05) is 0 Å². The van der Waals surface area contributed by atoms with Crippen molar-refractivity contribution in [3.63, 3.8) is 0 Å². The monoisotopic (exact) mass is 338 g/mol. The van der Waals surface area contributed by atoms with Gasteiger partial charge in [0.1, 0.15) is 0 Å². The topological polar surface area (TPSA) is 66.9 Å². The first-order valence-corrected chi connectivity index (χ1v) is 10.7. The summed E-state index contributed by atoms with van der Waals surface area (Å²) >= 11 is 0. The van der Waals surface area contributed by atoms with Crippen molar-refractivity contribution in [1.29, 1.82) is 5.26 Å². The minimum atomic E-state index is -0.186. The molecule has 0 aromatic rings. The van der Waals surface area contributed by atoms with Gasteiger partial charge >= 0.3 is 0 Å². The molecule has 8 saturated carbocycles. The smallest absolute Gasteiger partial charge is 0.223 e. The molecule has 3 nitrogen and oxygen atoms in total. The molecule has 5 unspecified atom stereocenters. The molecule has 8 rings (SSSR count). The third-order valence-corrected chi connectivity index (χ3v) is 9.88. The molecule has 134 valence electrons. The summed E-state index contributed by atoms with van der Waals surface area (Å²) < 4.78 is 0. The molecule has 5 atom stereocenters. The fourth-order valence-electron chi connectivity index (χ4n) is 9.91. The second kappa shape index (κ2) is 4.62. The minimum absolute atomic E-state index is 0.0151. The zero-order chi connectivity index (χ0) is 17.0. The molecule has 8 bridgehead atoms. The summed E-state index contributed by atoms with van der Waals surface area (Å²) in [7, 11) is 0. The third-order valence-electron chi connectivity index (χ3n) is 9.88. The number of nitrogens with two attached hydrogens (primary N) is 1. The van der Waals surface area contributed by atoms with Gasteiger partial charge in [0.15, 0.2) is 0 Å². The number of amides is 1. The molecule has 0 spiro atoms. The van der Waals surface area contributed by atoms with E-state index in [4.69, 9.17) is 5.73 Å². The Morgan fingerprint density at radius 2 is 1.40 bits per heavy atom. The Kier molecular flexibility index (Phi) is 2.78. The molecule has 0 radical (unpaired) electrons. The van der Waals surface area contributed by atoms with E-state index in [-0.39, 0.29) is 16.7 Å². The van der Waals surface area contributed by atoms with Gasteiger partial charge in [0.05, 0.1) is 16.9 Å². The highest BCUT2D eigenvalue weighted by Gasteiger charge is 2.66. The average Bonchev–Trinajstić information content (AvgIpc) is 2.55. The van der Waals surface area contributed by atoms with E-state index in [2.05, 4.69) is 6.07 Å². The third kappa shape index (κ3) is 1.80. The number of nitrogens with zero attached hydrogens (tertiary/aromatic N) is 1. The molecule has 8 aliphatic carbocycles. The zero-order valence-electron chi connectivity index (χ0n) is 15.1. The molecule has 0 aromatic heterocycles. The van der Waals surface area contributed by atoms with Crippen molar-refractivity contribution in [2.75, 3.05) is 0 Å². The summed E-state index contributed by atoms with van der Waals surface area (Å²) in [4.78, 5) is 12.8. The zero-order valence-corrected chi connectivity index (χ0v) is 15.1. The molecule has 0 saturated heterocycles. The van der Waals surface area contributed by atoms with Crippen LogP contribution >= 0.6 is 0 Å². The lowest BCUT2D eigenvalue weighted by Crippen LogP contribution is -2.64.